The number of carbonyl (C=O) groups is 1. The van der Waals surface area contributed by atoms with E-state index in [1.807, 2.05) is 34.6 Å². The van der Waals surface area contributed by atoms with E-state index in [4.69, 9.17) is 4.74 Å². The summed E-state index contributed by atoms with van der Waals surface area (Å²) in [6.45, 7) is 12.1. The number of nitrogens with zero attached hydrogens (tertiary/aromatic N) is 1. The average molecular weight is 376 g/mol. The van der Waals surface area contributed by atoms with Gasteiger partial charge in [-0.1, -0.05) is 0 Å². The van der Waals surface area contributed by atoms with Gasteiger partial charge in [0.1, 0.15) is 0 Å². The minimum atomic E-state index is -1.94. The van der Waals surface area contributed by atoms with Crippen molar-refractivity contribution in [2.45, 2.75) is 72.4 Å². The molecule has 4 heteroatoms. The number of rotatable bonds is 5. The van der Waals surface area contributed by atoms with Crippen molar-refractivity contribution in [2.75, 3.05) is 0 Å². The maximum atomic E-state index is 12.1. The van der Waals surface area contributed by atoms with Crippen molar-refractivity contribution in [3.05, 3.63) is 11.8 Å². The summed E-state index contributed by atoms with van der Waals surface area (Å²) < 4.78 is 6.05. The second-order valence-corrected chi connectivity index (χ2v) is 23.0. The Hall–Kier alpha value is -0.191. The molecule has 0 aliphatic heterocycles. The molecule has 0 heterocycles. The van der Waals surface area contributed by atoms with Crippen LogP contribution in [-0.4, -0.2) is 41.5 Å². The minimum absolute atomic E-state index is 0.152. The monoisotopic (exact) mass is 377 g/mol. The molecule has 1 atom stereocenters. The van der Waals surface area contributed by atoms with Crippen molar-refractivity contribution < 1.29 is 9.53 Å². The van der Waals surface area contributed by atoms with E-state index in [1.165, 1.54) is 0 Å². The molecule has 0 aliphatic rings. The summed E-state index contributed by atoms with van der Waals surface area (Å²) >= 11 is -1.94. The zero-order chi connectivity index (χ0) is 15.4. The first-order chi connectivity index (χ1) is 8.46. The molecule has 3 nitrogen and oxygen atoms in total. The number of ether oxygens (including phenoxy) is 1. The van der Waals surface area contributed by atoms with Gasteiger partial charge < -0.3 is 0 Å². The molecule has 0 spiro atoms. The third-order valence-corrected chi connectivity index (χ3v) is 11.7. The zero-order valence-corrected chi connectivity index (χ0v) is 16.9. The Morgan fingerprint density at radius 2 is 1.47 bits per heavy atom. The van der Waals surface area contributed by atoms with Crippen molar-refractivity contribution in [1.29, 1.82) is 0 Å². The molecule has 0 aromatic rings. The second-order valence-electron chi connectivity index (χ2n) is 6.89. The Kier molecular flexibility index (Phi) is 7.48. The molecular weight excluding hydrogens is 345 g/mol. The molecule has 1 amide bonds. The summed E-state index contributed by atoms with van der Waals surface area (Å²) in [6, 6.07) is 0.305. The van der Waals surface area contributed by atoms with Crippen LogP contribution in [-0.2, 0) is 4.74 Å². The van der Waals surface area contributed by atoms with E-state index in [-0.39, 0.29) is 18.2 Å². The molecule has 0 aromatic carbocycles. The molecule has 0 fully saturated rings. The topological polar surface area (TPSA) is 29.5 Å². The summed E-state index contributed by atoms with van der Waals surface area (Å²) in [5, 5.41) is 0. The van der Waals surface area contributed by atoms with E-state index in [1.54, 1.807) is 4.90 Å². The predicted octanol–water partition coefficient (Wildman–Crippen LogP) is 4.87. The molecule has 0 radical (unpaired) electrons. The second kappa shape index (κ2) is 7.55. The molecule has 0 N–H and O–H groups in total. The van der Waals surface area contributed by atoms with Gasteiger partial charge in [0.25, 0.3) is 0 Å². The average Bonchev–Trinajstić information content (AvgIpc) is 2.13. The number of hydrogen-bond donors (Lipinski definition) is 0. The standard InChI is InChI=1S/C12H22NO2.3CH3.Sn/c1-7-8-11(6)15-12(14)13(9(2)3)10(4)5;;;;/h7-10H,1-6H3;3*1H3;/b11-8+;;;;. The third kappa shape index (κ3) is 6.68. The van der Waals surface area contributed by atoms with Gasteiger partial charge in [-0.05, 0) is 0 Å². The van der Waals surface area contributed by atoms with E-state index in [0.717, 1.165) is 5.76 Å². The Morgan fingerprint density at radius 3 is 1.79 bits per heavy atom. The summed E-state index contributed by atoms with van der Waals surface area (Å²) in [5.41, 5.74) is 0. The molecule has 0 saturated heterocycles. The first-order valence-electron chi connectivity index (χ1n) is 7.15. The van der Waals surface area contributed by atoms with Gasteiger partial charge in [-0.2, -0.15) is 0 Å². The molecule has 0 rings (SSSR count). The van der Waals surface area contributed by atoms with Crippen LogP contribution in [0.4, 0.5) is 4.79 Å². The van der Waals surface area contributed by atoms with Gasteiger partial charge in [-0.15, -0.1) is 0 Å². The Bertz CT molecular complexity index is 322. The van der Waals surface area contributed by atoms with E-state index < -0.39 is 18.4 Å². The van der Waals surface area contributed by atoms with Gasteiger partial charge in [-0.3, -0.25) is 0 Å². The Morgan fingerprint density at radius 1 is 1.05 bits per heavy atom. The van der Waals surface area contributed by atoms with Crippen LogP contribution in [0.3, 0.4) is 0 Å². The van der Waals surface area contributed by atoms with Crippen molar-refractivity contribution in [3.63, 3.8) is 0 Å². The molecule has 0 aliphatic carbocycles. The van der Waals surface area contributed by atoms with Gasteiger partial charge in [0.2, 0.25) is 0 Å². The molecule has 1 unspecified atom stereocenters. The number of allylic oxidation sites excluding steroid dienone is 2. The van der Waals surface area contributed by atoms with Crippen LogP contribution < -0.4 is 0 Å². The first-order valence-corrected chi connectivity index (χ1v) is 17.4. The molecule has 0 bridgehead atoms. The van der Waals surface area contributed by atoms with Crippen molar-refractivity contribution >= 4 is 24.5 Å². The molecule has 0 aromatic heterocycles. The van der Waals surface area contributed by atoms with E-state index in [9.17, 15) is 4.79 Å². The van der Waals surface area contributed by atoms with Gasteiger partial charge in [0.15, 0.2) is 0 Å². The Balaban J connectivity index is 4.76. The summed E-state index contributed by atoms with van der Waals surface area (Å²) in [4.78, 5) is 21.1. The number of carbonyl (C=O) groups excluding carboxylic acids is 1. The quantitative estimate of drug-likeness (QED) is 0.506. The van der Waals surface area contributed by atoms with E-state index in [2.05, 4.69) is 27.8 Å². The van der Waals surface area contributed by atoms with Gasteiger partial charge in [0, 0.05) is 0 Å². The summed E-state index contributed by atoms with van der Waals surface area (Å²) in [5.74, 6) is 0.732. The SMILES string of the molecule is C/C(=C\[CH](C)[Sn]([CH3])([CH3])[CH3])OC(=O)N(C(C)C)C(C)C. The fourth-order valence-corrected chi connectivity index (χ4v) is 3.94. The third-order valence-electron chi connectivity index (χ3n) is 3.42. The fraction of sp³-hybridized carbons (Fsp3) is 0.800. The number of amides is 1. The van der Waals surface area contributed by atoms with Crippen LogP contribution in [0.5, 0.6) is 0 Å². The molecular formula is C15H31NO2Sn. The van der Waals surface area contributed by atoms with Crippen molar-refractivity contribution in [3.8, 4) is 0 Å². The fourth-order valence-electron chi connectivity index (χ4n) is 1.84. The molecule has 0 saturated carbocycles. The van der Waals surface area contributed by atoms with Crippen LogP contribution in [0.25, 0.3) is 0 Å². The Labute approximate surface area is 123 Å². The predicted molar refractivity (Wildman–Crippen MR) is 85.1 cm³/mol. The van der Waals surface area contributed by atoms with E-state index in [0.29, 0.717) is 3.93 Å². The zero-order valence-electron chi connectivity index (χ0n) is 14.1. The molecule has 19 heavy (non-hydrogen) atoms. The summed E-state index contributed by atoms with van der Waals surface area (Å²) in [6.07, 6.45) is 1.88. The maximum absolute atomic E-state index is 12.1. The van der Waals surface area contributed by atoms with Crippen molar-refractivity contribution in [2.24, 2.45) is 0 Å². The van der Waals surface area contributed by atoms with Gasteiger partial charge in [-0.25, -0.2) is 0 Å². The van der Waals surface area contributed by atoms with E-state index >= 15 is 0 Å². The van der Waals surface area contributed by atoms with Crippen LogP contribution >= 0.6 is 0 Å². The van der Waals surface area contributed by atoms with Gasteiger partial charge >= 0.3 is 123 Å². The number of hydrogen-bond acceptors (Lipinski definition) is 2. The van der Waals surface area contributed by atoms with Crippen LogP contribution in [0.15, 0.2) is 11.8 Å². The normalized spacial score (nSPS) is 14.8. The van der Waals surface area contributed by atoms with Crippen LogP contribution in [0.2, 0.25) is 18.8 Å². The summed E-state index contributed by atoms with van der Waals surface area (Å²) in [7, 11) is 0. The van der Waals surface area contributed by atoms with Crippen LogP contribution in [0, 0.1) is 0 Å². The van der Waals surface area contributed by atoms with Gasteiger partial charge in [0.05, 0.1) is 0 Å². The van der Waals surface area contributed by atoms with Crippen LogP contribution in [0.1, 0.15) is 41.5 Å². The first kappa shape index (κ1) is 18.8. The molecule has 112 valence electrons. The van der Waals surface area contributed by atoms with Crippen molar-refractivity contribution in [1.82, 2.24) is 4.90 Å².